The van der Waals surface area contributed by atoms with E-state index < -0.39 is 39.3 Å². The van der Waals surface area contributed by atoms with E-state index in [0.717, 1.165) is 25.7 Å². The van der Waals surface area contributed by atoms with Gasteiger partial charge in [-0.15, -0.1) is 0 Å². The van der Waals surface area contributed by atoms with Crippen molar-refractivity contribution in [3.05, 3.63) is 24.0 Å². The van der Waals surface area contributed by atoms with Gasteiger partial charge in [-0.3, -0.25) is 4.90 Å². The van der Waals surface area contributed by atoms with Crippen LogP contribution in [0.2, 0.25) is 0 Å². The van der Waals surface area contributed by atoms with E-state index in [1.807, 2.05) is 6.92 Å². The normalized spacial score (nSPS) is 35.5. The van der Waals surface area contributed by atoms with E-state index in [1.54, 1.807) is 4.90 Å². The van der Waals surface area contributed by atoms with Crippen molar-refractivity contribution < 1.29 is 31.8 Å². The predicted octanol–water partition coefficient (Wildman–Crippen LogP) is 1.36. The number of aromatic nitrogens is 2. The highest BCUT2D eigenvalue weighted by atomic mass is 32.2. The van der Waals surface area contributed by atoms with Crippen molar-refractivity contribution in [3.8, 4) is 0 Å². The van der Waals surface area contributed by atoms with Gasteiger partial charge in [0.15, 0.2) is 5.82 Å². The van der Waals surface area contributed by atoms with Crippen molar-refractivity contribution in [2.75, 3.05) is 26.9 Å². The van der Waals surface area contributed by atoms with E-state index >= 15 is 0 Å². The first-order chi connectivity index (χ1) is 16.2. The van der Waals surface area contributed by atoms with Gasteiger partial charge in [0, 0.05) is 17.5 Å². The maximum Gasteiger partial charge on any atom is 0.410 e. The Morgan fingerprint density at radius 2 is 2.06 bits per heavy atom. The molecule has 5 rings (SSSR count). The number of sulfonamides is 1. The number of likely N-dealkylation sites (tertiary alicyclic amines) is 1. The molecule has 188 valence electrons. The molecule has 0 unspecified atom stereocenters. The predicted molar refractivity (Wildman–Crippen MR) is 118 cm³/mol. The van der Waals surface area contributed by atoms with Crippen molar-refractivity contribution >= 4 is 16.1 Å². The summed E-state index contributed by atoms with van der Waals surface area (Å²) in [5.74, 6) is 0.641. The number of amides is 1. The zero-order chi connectivity index (χ0) is 24.1. The number of hydrogen-bond donors (Lipinski definition) is 1. The summed E-state index contributed by atoms with van der Waals surface area (Å²) in [6, 6.07) is -1.12. The van der Waals surface area contributed by atoms with Crippen molar-refractivity contribution in [3.63, 3.8) is 0 Å². The molecular formula is C22H31FN4O6S. The second-order valence-electron chi connectivity index (χ2n) is 9.97. The molecule has 4 fully saturated rings. The van der Waals surface area contributed by atoms with Crippen LogP contribution in [0.5, 0.6) is 0 Å². The summed E-state index contributed by atoms with van der Waals surface area (Å²) in [7, 11) is -2.24. The van der Waals surface area contributed by atoms with E-state index in [9.17, 15) is 17.6 Å². The molecule has 0 spiro atoms. The van der Waals surface area contributed by atoms with Gasteiger partial charge in [-0.2, -0.15) is 0 Å². The zero-order valence-corrected chi connectivity index (χ0v) is 20.2. The molecule has 3 heterocycles. The number of hydrogen-bond acceptors (Lipinski definition) is 8. The molecule has 2 aliphatic heterocycles. The molecule has 6 atom stereocenters. The maximum atomic E-state index is 13.2. The van der Waals surface area contributed by atoms with Gasteiger partial charge < -0.3 is 14.2 Å². The Bertz CT molecular complexity index is 1020. The minimum Gasteiger partial charge on any atom is -0.453 e. The lowest BCUT2D eigenvalue weighted by Gasteiger charge is -2.33. The summed E-state index contributed by atoms with van der Waals surface area (Å²) in [4.78, 5) is 22.5. The zero-order valence-electron chi connectivity index (χ0n) is 19.4. The molecule has 10 nitrogen and oxygen atoms in total. The molecule has 4 aliphatic rings. The standard InChI is InChI=1S/C22H31FN4O6S/c1-13-5-18(26-34(29,30)17-10-32-11-17)19(27(13)21(28)31-2)12-33-16-3-4-22(7-14(22)6-16)20-24-8-15(23)9-25-20/h8-9,13-14,16-19,26H,3-7,10-12H2,1-2H3/t13-,14-,16+,18+,19+,22-/m1/s1. The average Bonchev–Trinajstić information content (AvgIpc) is 3.41. The number of ether oxygens (including phenoxy) is 3. The van der Waals surface area contributed by atoms with Crippen molar-refractivity contribution in [1.82, 2.24) is 19.6 Å². The fourth-order valence-electron chi connectivity index (χ4n) is 5.79. The number of nitrogens with one attached hydrogen (secondary N) is 1. The van der Waals surface area contributed by atoms with E-state index in [4.69, 9.17) is 14.2 Å². The monoisotopic (exact) mass is 498 g/mol. The van der Waals surface area contributed by atoms with Gasteiger partial charge in [0.05, 0.1) is 51.5 Å². The lowest BCUT2D eigenvalue weighted by Crippen LogP contribution is -2.54. The Morgan fingerprint density at radius 3 is 2.68 bits per heavy atom. The first-order valence-corrected chi connectivity index (χ1v) is 13.3. The third-order valence-electron chi connectivity index (χ3n) is 7.90. The number of halogens is 1. The van der Waals surface area contributed by atoms with E-state index in [2.05, 4.69) is 14.7 Å². The Morgan fingerprint density at radius 1 is 1.32 bits per heavy atom. The Balaban J connectivity index is 1.23. The highest BCUT2D eigenvalue weighted by Crippen LogP contribution is 2.61. The number of nitrogens with zero attached hydrogens (tertiary/aromatic N) is 3. The van der Waals surface area contributed by atoms with Crippen LogP contribution in [0.3, 0.4) is 0 Å². The fourth-order valence-corrected chi connectivity index (χ4v) is 7.21. The lowest BCUT2D eigenvalue weighted by atomic mass is 9.86. The fraction of sp³-hybridized carbons (Fsp3) is 0.773. The number of methoxy groups -OCH3 is 1. The summed E-state index contributed by atoms with van der Waals surface area (Å²) in [5, 5.41) is -0.563. The highest BCUT2D eigenvalue weighted by Gasteiger charge is 2.60. The van der Waals surface area contributed by atoms with Gasteiger partial charge in [-0.1, -0.05) is 0 Å². The molecule has 1 amide bonds. The minimum atomic E-state index is -3.56. The van der Waals surface area contributed by atoms with Crippen LogP contribution < -0.4 is 4.72 Å². The third kappa shape index (κ3) is 4.29. The number of carbonyl (C=O) groups is 1. The van der Waals surface area contributed by atoms with Gasteiger partial charge in [0.25, 0.3) is 0 Å². The summed E-state index contributed by atoms with van der Waals surface area (Å²) < 4.78 is 57.7. The quantitative estimate of drug-likeness (QED) is 0.598. The summed E-state index contributed by atoms with van der Waals surface area (Å²) >= 11 is 0. The topological polar surface area (TPSA) is 120 Å². The van der Waals surface area contributed by atoms with Gasteiger partial charge in [-0.05, 0) is 44.9 Å². The lowest BCUT2D eigenvalue weighted by molar-refractivity contribution is -0.0104. The van der Waals surface area contributed by atoms with Crippen molar-refractivity contribution in [2.24, 2.45) is 5.92 Å². The molecular weight excluding hydrogens is 467 g/mol. The summed E-state index contributed by atoms with van der Waals surface area (Å²) in [6.07, 6.45) is 5.86. The van der Waals surface area contributed by atoms with Crippen LogP contribution in [-0.2, 0) is 29.6 Å². The molecule has 2 saturated heterocycles. The molecule has 0 radical (unpaired) electrons. The number of carbonyl (C=O) groups excluding carboxylic acids is 1. The van der Waals surface area contributed by atoms with E-state index in [-0.39, 0.29) is 37.4 Å². The molecule has 1 aromatic rings. The first kappa shape index (κ1) is 23.8. The molecule has 1 aromatic heterocycles. The van der Waals surface area contributed by atoms with Gasteiger partial charge in [0.2, 0.25) is 10.0 Å². The molecule has 2 aliphatic carbocycles. The highest BCUT2D eigenvalue weighted by molar-refractivity contribution is 7.90. The van der Waals surface area contributed by atoms with Crippen LogP contribution in [0.15, 0.2) is 12.4 Å². The number of rotatable bonds is 7. The van der Waals surface area contributed by atoms with Crippen molar-refractivity contribution in [2.45, 2.75) is 73.9 Å². The van der Waals surface area contributed by atoms with Crippen LogP contribution in [0.1, 0.15) is 44.9 Å². The van der Waals surface area contributed by atoms with Gasteiger partial charge in [-0.25, -0.2) is 32.3 Å². The number of fused-ring (bicyclic) bond motifs is 1. The molecule has 0 bridgehead atoms. The van der Waals surface area contributed by atoms with Crippen LogP contribution in [0, 0.1) is 11.7 Å². The molecule has 0 aromatic carbocycles. The van der Waals surface area contributed by atoms with Gasteiger partial charge >= 0.3 is 6.09 Å². The molecule has 1 N–H and O–H groups in total. The summed E-state index contributed by atoms with van der Waals surface area (Å²) in [5.41, 5.74) is -0.0868. The smallest absolute Gasteiger partial charge is 0.410 e. The molecule has 2 saturated carbocycles. The average molecular weight is 499 g/mol. The second-order valence-corrected chi connectivity index (χ2v) is 12.0. The molecule has 34 heavy (non-hydrogen) atoms. The largest absolute Gasteiger partial charge is 0.453 e. The van der Waals surface area contributed by atoms with Crippen LogP contribution in [0.25, 0.3) is 0 Å². The van der Waals surface area contributed by atoms with Crippen LogP contribution in [-0.4, -0.2) is 85.8 Å². The maximum absolute atomic E-state index is 13.2. The Hall–Kier alpha value is -1.89. The Labute approximate surface area is 198 Å². The third-order valence-corrected chi connectivity index (χ3v) is 9.68. The SMILES string of the molecule is COC(=O)N1[C@H](C)C[C@H](NS(=O)(=O)C2COC2)[C@@H]1CO[C@H]1CC[C@@]2(c3ncc(F)cn3)C[C@H]2C1. The minimum absolute atomic E-state index is 0.00577. The van der Waals surface area contributed by atoms with E-state index in [1.165, 1.54) is 19.5 Å². The second kappa shape index (κ2) is 8.96. The van der Waals surface area contributed by atoms with Gasteiger partial charge in [0.1, 0.15) is 11.1 Å². The summed E-state index contributed by atoms with van der Waals surface area (Å²) in [6.45, 7) is 2.46. The van der Waals surface area contributed by atoms with E-state index in [0.29, 0.717) is 18.2 Å². The first-order valence-electron chi connectivity index (χ1n) is 11.8. The van der Waals surface area contributed by atoms with Crippen LogP contribution >= 0.6 is 0 Å². The van der Waals surface area contributed by atoms with Crippen molar-refractivity contribution in [1.29, 1.82) is 0 Å². The van der Waals surface area contributed by atoms with Crippen LogP contribution in [0.4, 0.5) is 9.18 Å². The Kier molecular flexibility index (Phi) is 6.28. The molecule has 12 heteroatoms.